The largest absolute Gasteiger partial charge is 2.00 e. The number of aliphatic hydroxyl groups excluding tert-OH is 2. The summed E-state index contributed by atoms with van der Waals surface area (Å²) >= 11 is 0. The summed E-state index contributed by atoms with van der Waals surface area (Å²) < 4.78 is 0. The maximum absolute atomic E-state index is 7.00. The Morgan fingerprint density at radius 1 is 0.463 bits per heavy atom. The van der Waals surface area contributed by atoms with Crippen LogP contribution < -0.4 is 0 Å². The Balaban J connectivity index is -0.000000150. The van der Waals surface area contributed by atoms with Gasteiger partial charge in [0.1, 0.15) is 0 Å². The van der Waals surface area contributed by atoms with E-state index in [9.17, 15) is 0 Å². The van der Waals surface area contributed by atoms with Gasteiger partial charge in [-0.3, -0.25) is 49.4 Å². The van der Waals surface area contributed by atoms with Crippen LogP contribution in [0.4, 0.5) is 0 Å². The van der Waals surface area contributed by atoms with Crippen molar-refractivity contribution in [1.29, 1.82) is 0 Å². The Morgan fingerprint density at radius 2 is 0.648 bits per heavy atom. The molecular weight excluding hydrogens is 778 g/mol. The molecule has 20 nitrogen and oxygen atoms in total. The van der Waals surface area contributed by atoms with Crippen LogP contribution in [0.1, 0.15) is 22.8 Å². The van der Waals surface area contributed by atoms with E-state index in [0.717, 1.165) is 63.2 Å². The third-order valence-corrected chi connectivity index (χ3v) is 5.08. The number of terminal acetylenes is 2. The van der Waals surface area contributed by atoms with Crippen LogP contribution in [0.5, 0.6) is 0 Å². The minimum Gasteiger partial charge on any atom is -0.400 e. The molecule has 0 saturated heterocycles. The van der Waals surface area contributed by atoms with E-state index in [1.165, 1.54) is 19.6 Å². The summed E-state index contributed by atoms with van der Waals surface area (Å²) in [5.74, 6) is 5.36. The molecule has 0 aromatic carbocycles. The number of hydrogen-bond donors (Lipinski definition) is 2. The second kappa shape index (κ2) is 51.2. The first-order valence-corrected chi connectivity index (χ1v) is 14.2. The Labute approximate surface area is 335 Å². The van der Waals surface area contributed by atoms with Gasteiger partial charge in [0.15, 0.2) is 0 Å². The van der Waals surface area contributed by atoms with Crippen molar-refractivity contribution in [2.75, 3.05) is 27.3 Å². The van der Waals surface area contributed by atoms with Gasteiger partial charge in [0.25, 0.3) is 0 Å². The van der Waals surface area contributed by atoms with Gasteiger partial charge in [0.05, 0.1) is 35.9 Å². The Bertz CT molecular complexity index is 1380. The van der Waals surface area contributed by atoms with E-state index in [2.05, 4.69) is 41.6 Å². The molecule has 0 aliphatic heterocycles. The van der Waals surface area contributed by atoms with Crippen LogP contribution in [0.15, 0.2) is 97.6 Å². The van der Waals surface area contributed by atoms with Gasteiger partial charge in [-0.05, 0) is 48.5 Å². The molecule has 0 aliphatic carbocycles. The van der Waals surface area contributed by atoms with Crippen LogP contribution >= 0.6 is 0 Å². The second-order valence-electron chi connectivity index (χ2n) is 8.34. The van der Waals surface area contributed by atoms with Crippen molar-refractivity contribution in [2.45, 2.75) is 26.2 Å². The molecule has 0 fully saturated rings. The van der Waals surface area contributed by atoms with Crippen molar-refractivity contribution in [1.82, 2.24) is 29.7 Å². The third kappa shape index (κ3) is 40.3. The molecule has 54 heavy (non-hydrogen) atoms. The average Bonchev–Trinajstić information content (AvgIpc) is 3.17. The molecule has 4 aromatic rings. The van der Waals surface area contributed by atoms with E-state index in [0.29, 0.717) is 13.1 Å². The van der Waals surface area contributed by atoms with E-state index < -0.39 is 0 Å². The molecule has 2 radical (unpaired) electrons. The topological polar surface area (TPSA) is 333 Å². The van der Waals surface area contributed by atoms with Gasteiger partial charge in [-0.15, -0.1) is 12.8 Å². The standard InChI is InChI=1S/2C15H15N3.2CH4O.2Mn.4N3/c2*1-2-11-18(12-14-7-3-5-9-16-14)13-15-8-4-6-10-17-15;2*1-2;;;4*1-3-2/h2*1,3-10H,11-13H2;2*2H,1H3;;;;;;/q;;;;2*+2;4*-1. The summed E-state index contributed by atoms with van der Waals surface area (Å²) in [7, 11) is 2.00. The Hall–Kier alpha value is -6.16. The molecule has 2 N–H and O–H groups in total. The fraction of sp³-hybridized carbons (Fsp3) is 0.250. The molecule has 0 spiro atoms. The second-order valence-corrected chi connectivity index (χ2v) is 8.34. The summed E-state index contributed by atoms with van der Waals surface area (Å²) in [6.45, 7) is 4.13. The van der Waals surface area contributed by atoms with Crippen molar-refractivity contribution in [3.63, 3.8) is 0 Å². The zero-order valence-electron chi connectivity index (χ0n) is 29.3. The van der Waals surface area contributed by atoms with E-state index in [4.69, 9.17) is 67.3 Å². The van der Waals surface area contributed by atoms with Gasteiger partial charge in [0, 0.05) is 65.2 Å². The SMILES string of the molecule is C#CCN(Cc1ccccn1)Cc1ccccn1.C#CCN(Cc1ccccn1)Cc1ccccn1.CO.CO.[Mn+2].[Mn+2].[N-]=[N+]=[N-].[N-]=[N+]=[N-].[N-]=[N+]=[N-].[N-]=[N+]=[N-]. The van der Waals surface area contributed by atoms with Crippen LogP contribution in [-0.4, -0.2) is 67.3 Å². The molecular formula is C32H38Mn2N18O2. The fourth-order valence-corrected chi connectivity index (χ4v) is 3.48. The van der Waals surface area contributed by atoms with Gasteiger partial charge in [-0.2, -0.15) is 0 Å². The first-order valence-electron chi connectivity index (χ1n) is 14.2. The van der Waals surface area contributed by atoms with Crippen molar-refractivity contribution < 1.29 is 44.4 Å². The van der Waals surface area contributed by atoms with Crippen molar-refractivity contribution in [3.05, 3.63) is 184 Å². The van der Waals surface area contributed by atoms with E-state index in [1.54, 1.807) is 24.8 Å². The molecule has 0 atom stereocenters. The summed E-state index contributed by atoms with van der Waals surface area (Å²) in [5.41, 5.74) is 58.1. The fourth-order valence-electron chi connectivity index (χ4n) is 3.48. The van der Waals surface area contributed by atoms with E-state index >= 15 is 0 Å². The molecule has 4 heterocycles. The van der Waals surface area contributed by atoms with Gasteiger partial charge in [-0.1, -0.05) is 36.1 Å². The van der Waals surface area contributed by atoms with Crippen molar-refractivity contribution >= 4 is 0 Å². The van der Waals surface area contributed by atoms with Crippen LogP contribution in [0, 0.1) is 24.7 Å². The maximum Gasteiger partial charge on any atom is 2.00 e. The quantitative estimate of drug-likeness (QED) is 0.0556. The molecule has 0 unspecified atom stereocenters. The summed E-state index contributed by atoms with van der Waals surface area (Å²) in [6, 6.07) is 23.6. The molecule has 4 aromatic heterocycles. The molecule has 0 aliphatic rings. The number of hydrogen-bond acceptors (Lipinski definition) is 8. The number of rotatable bonds is 10. The predicted molar refractivity (Wildman–Crippen MR) is 199 cm³/mol. The molecule has 4 rings (SSSR count). The van der Waals surface area contributed by atoms with Gasteiger partial charge < -0.3 is 54.5 Å². The number of pyridine rings is 4. The van der Waals surface area contributed by atoms with Gasteiger partial charge >= 0.3 is 34.1 Å². The molecule has 0 bridgehead atoms. The number of aliphatic hydroxyl groups is 2. The zero-order valence-corrected chi connectivity index (χ0v) is 31.7. The van der Waals surface area contributed by atoms with Crippen LogP contribution in [0.3, 0.4) is 0 Å². The molecule has 0 saturated carbocycles. The zero-order chi connectivity index (χ0) is 40.1. The van der Waals surface area contributed by atoms with Gasteiger partial charge in [0.2, 0.25) is 0 Å². The average molecular weight is 817 g/mol. The first-order chi connectivity index (χ1) is 25.4. The van der Waals surface area contributed by atoms with Crippen molar-refractivity contribution in [3.8, 4) is 24.7 Å². The first kappa shape index (κ1) is 60.0. The van der Waals surface area contributed by atoms with E-state index in [-0.39, 0.29) is 34.1 Å². The van der Waals surface area contributed by atoms with Gasteiger partial charge in [-0.25, -0.2) is 0 Å². The molecule has 22 heteroatoms. The van der Waals surface area contributed by atoms with Crippen molar-refractivity contribution in [2.24, 2.45) is 0 Å². The Morgan fingerprint density at radius 3 is 0.778 bits per heavy atom. The predicted octanol–water partition coefficient (Wildman–Crippen LogP) is 6.90. The monoisotopic (exact) mass is 816 g/mol. The third-order valence-electron chi connectivity index (χ3n) is 5.08. The van der Waals surface area contributed by atoms with Crippen LogP contribution in [0.25, 0.3) is 63.9 Å². The summed E-state index contributed by atoms with van der Waals surface area (Å²) in [4.78, 5) is 27.5. The number of nitrogens with zero attached hydrogens (tertiary/aromatic N) is 18. The molecule has 0 amide bonds. The Kier molecular flexibility index (Phi) is 56.9. The minimum absolute atomic E-state index is 0. The van der Waals surface area contributed by atoms with Crippen LogP contribution in [0.2, 0.25) is 0 Å². The number of aromatic nitrogens is 4. The molecule has 282 valence electrons. The van der Waals surface area contributed by atoms with E-state index in [1.807, 2.05) is 72.8 Å². The maximum atomic E-state index is 7.00. The summed E-state index contributed by atoms with van der Waals surface area (Å²) in [5, 5.41) is 14.0. The van der Waals surface area contributed by atoms with Crippen LogP contribution in [-0.2, 0) is 60.3 Å². The summed E-state index contributed by atoms with van der Waals surface area (Å²) in [6.07, 6.45) is 18.0. The normalized spacial score (nSPS) is 7.63. The minimum atomic E-state index is 0. The smallest absolute Gasteiger partial charge is 0.400 e.